The number of fused-ring (bicyclic) bond motifs is 1. The molecule has 0 aliphatic carbocycles. The number of benzene rings is 2. The highest BCUT2D eigenvalue weighted by Crippen LogP contribution is 2.20. The van der Waals surface area contributed by atoms with Gasteiger partial charge in [0.2, 0.25) is 5.95 Å². The Hall–Kier alpha value is -2.73. The summed E-state index contributed by atoms with van der Waals surface area (Å²) in [6.45, 7) is 7.69. The van der Waals surface area contributed by atoms with Gasteiger partial charge in [0, 0.05) is 13.1 Å². The van der Waals surface area contributed by atoms with Gasteiger partial charge in [-0.2, -0.15) is 0 Å². The number of para-hydroxylation sites is 2. The van der Waals surface area contributed by atoms with E-state index in [1.165, 1.54) is 12.1 Å². The number of aromatic nitrogens is 2. The Morgan fingerprint density at radius 3 is 2.54 bits per heavy atom. The quantitative estimate of drug-likeness (QED) is 0.703. The maximum Gasteiger partial charge on any atom is 0.260 e. The van der Waals surface area contributed by atoms with E-state index in [2.05, 4.69) is 29.0 Å². The van der Waals surface area contributed by atoms with Gasteiger partial charge in [0.05, 0.1) is 16.6 Å². The molecule has 0 aliphatic heterocycles. The number of carbonyl (C=O) groups is 1. The third-order valence-electron chi connectivity index (χ3n) is 4.53. The highest BCUT2D eigenvalue weighted by atomic mass is 19.1. The van der Waals surface area contributed by atoms with E-state index in [4.69, 9.17) is 0 Å². The largest absolute Gasteiger partial charge is 0.309 e. The number of carbonyl (C=O) groups excluding carboxylic acids is 1. The first-order valence-electron chi connectivity index (χ1n) is 8.87. The van der Waals surface area contributed by atoms with Crippen LogP contribution < -0.4 is 5.32 Å². The van der Waals surface area contributed by atoms with E-state index in [-0.39, 0.29) is 5.56 Å². The van der Waals surface area contributed by atoms with E-state index < -0.39 is 11.7 Å². The van der Waals surface area contributed by atoms with Crippen molar-refractivity contribution in [3.05, 3.63) is 59.9 Å². The van der Waals surface area contributed by atoms with Crippen molar-refractivity contribution in [2.24, 2.45) is 0 Å². The van der Waals surface area contributed by atoms with Crippen LogP contribution in [0.3, 0.4) is 0 Å². The topological polar surface area (TPSA) is 50.2 Å². The van der Waals surface area contributed by atoms with E-state index >= 15 is 0 Å². The van der Waals surface area contributed by atoms with Crippen LogP contribution in [-0.4, -0.2) is 40.0 Å². The number of imidazole rings is 1. The second kappa shape index (κ2) is 8.10. The lowest BCUT2D eigenvalue weighted by Crippen LogP contribution is -2.27. The predicted molar refractivity (Wildman–Crippen MR) is 102 cm³/mol. The third-order valence-corrected chi connectivity index (χ3v) is 4.53. The number of rotatable bonds is 7. The molecule has 0 saturated heterocycles. The highest BCUT2D eigenvalue weighted by molar-refractivity contribution is 6.04. The summed E-state index contributed by atoms with van der Waals surface area (Å²) < 4.78 is 15.9. The van der Waals surface area contributed by atoms with Crippen LogP contribution in [-0.2, 0) is 6.54 Å². The number of hydrogen-bond acceptors (Lipinski definition) is 3. The Balaban J connectivity index is 1.90. The van der Waals surface area contributed by atoms with Gasteiger partial charge < -0.3 is 9.47 Å². The van der Waals surface area contributed by atoms with E-state index in [0.717, 1.165) is 30.7 Å². The molecule has 0 saturated carbocycles. The predicted octanol–water partition coefficient (Wildman–Crippen LogP) is 3.77. The van der Waals surface area contributed by atoms with Gasteiger partial charge in [-0.3, -0.25) is 10.1 Å². The number of anilines is 1. The Bertz CT molecular complexity index is 902. The van der Waals surface area contributed by atoms with Crippen molar-refractivity contribution >= 4 is 22.9 Å². The Morgan fingerprint density at radius 2 is 1.81 bits per heavy atom. The third kappa shape index (κ3) is 3.75. The molecule has 26 heavy (non-hydrogen) atoms. The summed E-state index contributed by atoms with van der Waals surface area (Å²) in [4.78, 5) is 19.3. The number of nitrogens with one attached hydrogen (secondary N) is 1. The fraction of sp³-hybridized carbons (Fsp3) is 0.300. The molecule has 6 heteroatoms. The normalized spacial score (nSPS) is 11.2. The number of amides is 1. The van der Waals surface area contributed by atoms with Crippen molar-refractivity contribution in [3.8, 4) is 0 Å². The molecule has 0 unspecified atom stereocenters. The number of halogens is 1. The molecule has 3 aromatic rings. The molecule has 0 aliphatic rings. The van der Waals surface area contributed by atoms with Gasteiger partial charge in [0.25, 0.3) is 5.91 Å². The molecule has 5 nitrogen and oxygen atoms in total. The fourth-order valence-corrected chi connectivity index (χ4v) is 2.99. The minimum atomic E-state index is -0.546. The summed E-state index contributed by atoms with van der Waals surface area (Å²) in [5.74, 6) is -0.607. The summed E-state index contributed by atoms with van der Waals surface area (Å²) in [6, 6.07) is 13.7. The lowest BCUT2D eigenvalue weighted by molar-refractivity contribution is 0.102. The minimum Gasteiger partial charge on any atom is -0.309 e. The van der Waals surface area contributed by atoms with Gasteiger partial charge in [-0.05, 0) is 37.4 Å². The van der Waals surface area contributed by atoms with Gasteiger partial charge in [-0.1, -0.05) is 38.1 Å². The van der Waals surface area contributed by atoms with Crippen molar-refractivity contribution in [1.82, 2.24) is 14.5 Å². The molecule has 0 radical (unpaired) electrons. The van der Waals surface area contributed by atoms with Gasteiger partial charge in [-0.15, -0.1) is 0 Å². The molecule has 0 bridgehead atoms. The smallest absolute Gasteiger partial charge is 0.260 e. The molecule has 0 atom stereocenters. The fourth-order valence-electron chi connectivity index (χ4n) is 2.99. The van der Waals surface area contributed by atoms with Crippen LogP contribution in [0, 0.1) is 5.82 Å². The second-order valence-electron chi connectivity index (χ2n) is 6.04. The maximum absolute atomic E-state index is 13.9. The summed E-state index contributed by atoms with van der Waals surface area (Å²) >= 11 is 0. The van der Waals surface area contributed by atoms with Crippen LogP contribution in [0.1, 0.15) is 24.2 Å². The molecular formula is C20H23FN4O. The lowest BCUT2D eigenvalue weighted by atomic mass is 10.2. The molecule has 1 aromatic heterocycles. The van der Waals surface area contributed by atoms with Crippen LogP contribution in [0.4, 0.5) is 10.3 Å². The average Bonchev–Trinajstić information content (AvgIpc) is 3.00. The number of likely N-dealkylation sites (N-methyl/N-ethyl adjacent to an activating group) is 1. The number of hydrogen-bond donors (Lipinski definition) is 1. The van der Waals surface area contributed by atoms with E-state index in [0.29, 0.717) is 12.5 Å². The average molecular weight is 354 g/mol. The van der Waals surface area contributed by atoms with Crippen LogP contribution in [0.15, 0.2) is 48.5 Å². The lowest BCUT2D eigenvalue weighted by Gasteiger charge is -2.19. The van der Waals surface area contributed by atoms with Crippen molar-refractivity contribution in [1.29, 1.82) is 0 Å². The maximum atomic E-state index is 13.9. The Labute approximate surface area is 152 Å². The molecule has 2 aromatic carbocycles. The summed E-state index contributed by atoms with van der Waals surface area (Å²) in [5.41, 5.74) is 1.76. The minimum absolute atomic E-state index is 0.00912. The SMILES string of the molecule is CCN(CC)CCn1c(NC(=O)c2ccccc2F)nc2ccccc21. The monoisotopic (exact) mass is 354 g/mol. The second-order valence-corrected chi connectivity index (χ2v) is 6.04. The molecule has 1 N–H and O–H groups in total. The van der Waals surface area contributed by atoms with Crippen molar-refractivity contribution < 1.29 is 9.18 Å². The Kier molecular flexibility index (Phi) is 5.63. The first-order chi connectivity index (χ1) is 12.6. The van der Waals surface area contributed by atoms with E-state index in [1.54, 1.807) is 12.1 Å². The van der Waals surface area contributed by atoms with Gasteiger partial charge in [-0.25, -0.2) is 9.37 Å². The molecule has 0 spiro atoms. The van der Waals surface area contributed by atoms with Gasteiger partial charge in [0.1, 0.15) is 5.82 Å². The zero-order chi connectivity index (χ0) is 18.5. The Morgan fingerprint density at radius 1 is 1.12 bits per heavy atom. The van der Waals surface area contributed by atoms with Crippen molar-refractivity contribution in [2.75, 3.05) is 25.0 Å². The van der Waals surface area contributed by atoms with Crippen molar-refractivity contribution in [3.63, 3.8) is 0 Å². The first-order valence-corrected chi connectivity index (χ1v) is 8.87. The van der Waals surface area contributed by atoms with Crippen molar-refractivity contribution in [2.45, 2.75) is 20.4 Å². The molecule has 1 amide bonds. The van der Waals surface area contributed by atoms with Crippen LogP contribution in [0.2, 0.25) is 0 Å². The van der Waals surface area contributed by atoms with Crippen LogP contribution in [0.5, 0.6) is 0 Å². The van der Waals surface area contributed by atoms with Gasteiger partial charge in [0.15, 0.2) is 0 Å². The summed E-state index contributed by atoms with van der Waals surface area (Å²) in [6.07, 6.45) is 0. The zero-order valence-corrected chi connectivity index (χ0v) is 15.1. The van der Waals surface area contributed by atoms with E-state index in [9.17, 15) is 9.18 Å². The van der Waals surface area contributed by atoms with E-state index in [1.807, 2.05) is 28.8 Å². The van der Waals surface area contributed by atoms with Crippen LogP contribution >= 0.6 is 0 Å². The standard InChI is InChI=1S/C20H23FN4O/c1-3-24(4-2)13-14-25-18-12-8-7-11-17(18)22-20(25)23-19(26)15-9-5-6-10-16(15)21/h5-12H,3-4,13-14H2,1-2H3,(H,22,23,26). The summed E-state index contributed by atoms with van der Waals surface area (Å²) in [5, 5.41) is 2.77. The number of nitrogens with zero attached hydrogens (tertiary/aromatic N) is 3. The molecule has 3 rings (SSSR count). The van der Waals surface area contributed by atoms with Crippen LogP contribution in [0.25, 0.3) is 11.0 Å². The molecule has 0 fully saturated rings. The van der Waals surface area contributed by atoms with Gasteiger partial charge >= 0.3 is 0 Å². The molecule has 1 heterocycles. The molecular weight excluding hydrogens is 331 g/mol. The summed E-state index contributed by atoms with van der Waals surface area (Å²) in [7, 11) is 0. The highest BCUT2D eigenvalue weighted by Gasteiger charge is 2.16. The zero-order valence-electron chi connectivity index (χ0n) is 15.1. The first kappa shape index (κ1) is 18.1. The molecule has 136 valence electrons.